The van der Waals surface area contributed by atoms with E-state index < -0.39 is 29.4 Å². The van der Waals surface area contributed by atoms with Crippen molar-refractivity contribution in [2.75, 3.05) is 0 Å². The normalized spacial score (nSPS) is 28.8. The zero-order chi connectivity index (χ0) is 10.8. The third kappa shape index (κ3) is 1.67. The number of fused-ring (bicyclic) bond motifs is 1. The molecule has 2 N–H and O–H groups in total. The van der Waals surface area contributed by atoms with Crippen LogP contribution in [0.4, 0.5) is 0 Å². The molecule has 14 heavy (non-hydrogen) atoms. The van der Waals surface area contributed by atoms with E-state index in [9.17, 15) is 4.79 Å². The zero-order valence-electron chi connectivity index (χ0n) is 8.57. The molecule has 6 heteroatoms. The fourth-order valence-electron chi connectivity index (χ4n) is 1.09. The van der Waals surface area contributed by atoms with Gasteiger partial charge in [-0.1, -0.05) is 0 Å². The van der Waals surface area contributed by atoms with Crippen LogP contribution in [0.2, 0.25) is 0 Å². The third-order valence-corrected chi connectivity index (χ3v) is 9.23. The molecule has 1 atom stereocenters. The topological polar surface area (TPSA) is 70.2 Å². The van der Waals surface area contributed by atoms with Gasteiger partial charge >= 0.3 is 106 Å². The summed E-state index contributed by atoms with van der Waals surface area (Å²) in [4.78, 5) is 11.9. The molecule has 82 valence electrons. The Morgan fingerprint density at radius 2 is 1.79 bits per heavy atom. The number of hydrogen-bond donors (Lipinski definition) is 2. The van der Waals surface area contributed by atoms with Crippen molar-refractivity contribution in [3.63, 3.8) is 0 Å². The summed E-state index contributed by atoms with van der Waals surface area (Å²) >= 11 is 1.12. The minimum atomic E-state index is -1.07. The number of carbonyl (C=O) groups is 1. The van der Waals surface area contributed by atoms with Gasteiger partial charge < -0.3 is 0 Å². The second kappa shape index (κ2) is 2.95. The van der Waals surface area contributed by atoms with Gasteiger partial charge in [0.15, 0.2) is 0 Å². The van der Waals surface area contributed by atoms with Gasteiger partial charge in [-0.05, 0) is 0 Å². The SMILES string of the molecule is CC(C)(C)OC(=O)C(C)(I)C12NI1N2. The van der Waals surface area contributed by atoms with E-state index >= 15 is 0 Å². The summed E-state index contributed by atoms with van der Waals surface area (Å²) in [7, 11) is 0. The van der Waals surface area contributed by atoms with Gasteiger partial charge in [-0.15, -0.1) is 0 Å². The van der Waals surface area contributed by atoms with Crippen LogP contribution in [0.1, 0.15) is 27.7 Å². The van der Waals surface area contributed by atoms with Crippen molar-refractivity contribution in [3.8, 4) is 0 Å². The van der Waals surface area contributed by atoms with Gasteiger partial charge in [-0.3, -0.25) is 0 Å². The molecule has 2 rings (SSSR count). The predicted octanol–water partition coefficient (Wildman–Crippen LogP) is 1.72. The first-order valence-electron chi connectivity index (χ1n) is 4.37. The fourth-order valence-corrected chi connectivity index (χ4v) is 8.84. The maximum atomic E-state index is 11.9. The van der Waals surface area contributed by atoms with E-state index in [1.165, 1.54) is 0 Å². The fraction of sp³-hybridized carbons (Fsp3) is 0.875. The second-order valence-corrected chi connectivity index (χ2v) is 11.1. The van der Waals surface area contributed by atoms with Gasteiger partial charge in [0, 0.05) is 0 Å². The van der Waals surface area contributed by atoms with Crippen LogP contribution in [-0.4, -0.2) is 18.7 Å². The van der Waals surface area contributed by atoms with Crippen molar-refractivity contribution in [2.24, 2.45) is 0 Å². The first-order chi connectivity index (χ1) is 6.19. The Labute approximate surface area is 105 Å². The van der Waals surface area contributed by atoms with Crippen molar-refractivity contribution in [3.05, 3.63) is 0 Å². The van der Waals surface area contributed by atoms with Crippen LogP contribution >= 0.6 is 43.0 Å². The number of alkyl halides is 2. The molecular formula is C8H14I2N2O2. The van der Waals surface area contributed by atoms with Crippen LogP contribution in [0, 0.1) is 0 Å². The van der Waals surface area contributed by atoms with Crippen molar-refractivity contribution < 1.29 is 9.53 Å². The molecule has 0 radical (unpaired) electrons. The number of ether oxygens (including phenoxy) is 1. The quantitative estimate of drug-likeness (QED) is 0.177. The molecule has 0 bridgehead atoms. The molecule has 2 aliphatic rings. The number of carbonyl (C=O) groups excluding carboxylic acids is 1. The van der Waals surface area contributed by atoms with Crippen LogP contribution in [0.15, 0.2) is 0 Å². The molecule has 0 aromatic rings. The van der Waals surface area contributed by atoms with Crippen molar-refractivity contribution in [2.45, 2.75) is 40.4 Å². The van der Waals surface area contributed by atoms with Crippen LogP contribution < -0.4 is 7.06 Å². The summed E-state index contributed by atoms with van der Waals surface area (Å²) in [5.74, 6) is -0.122. The number of esters is 1. The molecule has 0 spiro atoms. The molecule has 0 saturated carbocycles. The van der Waals surface area contributed by atoms with Crippen LogP contribution in [0.25, 0.3) is 0 Å². The van der Waals surface area contributed by atoms with E-state index in [-0.39, 0.29) is 9.64 Å². The van der Waals surface area contributed by atoms with Crippen LogP contribution in [-0.2, 0) is 9.53 Å². The summed E-state index contributed by atoms with van der Waals surface area (Å²) in [5, 5.41) is 0. The molecule has 2 fully saturated rings. The van der Waals surface area contributed by atoms with Gasteiger partial charge in [-0.25, -0.2) is 0 Å². The molecule has 0 aliphatic carbocycles. The summed E-state index contributed by atoms with van der Waals surface area (Å²) in [6.45, 7) is 7.62. The molecule has 0 aromatic heterocycles. The summed E-state index contributed by atoms with van der Waals surface area (Å²) < 4.78 is 11.6. The number of rotatable bonds is 2. The van der Waals surface area contributed by atoms with Crippen LogP contribution in [0.5, 0.6) is 0 Å². The van der Waals surface area contributed by atoms with E-state index in [1.54, 1.807) is 0 Å². The Morgan fingerprint density at radius 3 is 2.07 bits per heavy atom. The van der Waals surface area contributed by atoms with Crippen molar-refractivity contribution >= 4 is 48.9 Å². The van der Waals surface area contributed by atoms with Gasteiger partial charge in [0.25, 0.3) is 0 Å². The third-order valence-electron chi connectivity index (χ3n) is 2.09. The number of halogens is 2. The van der Waals surface area contributed by atoms with Gasteiger partial charge in [0.1, 0.15) is 0 Å². The molecule has 2 saturated heterocycles. The second-order valence-electron chi connectivity index (χ2n) is 4.64. The molecule has 0 amide bonds. The average molecular weight is 424 g/mol. The Hall–Kier alpha value is 0.850. The summed E-state index contributed by atoms with van der Waals surface area (Å²) in [6, 6.07) is 0. The van der Waals surface area contributed by atoms with Gasteiger partial charge in [-0.2, -0.15) is 0 Å². The van der Waals surface area contributed by atoms with Gasteiger partial charge in [0.2, 0.25) is 0 Å². The molecule has 4 nitrogen and oxygen atoms in total. The van der Waals surface area contributed by atoms with E-state index in [1.807, 2.05) is 27.7 Å². The Morgan fingerprint density at radius 1 is 1.36 bits per heavy atom. The molecule has 0 aromatic carbocycles. The molecule has 2 aliphatic heterocycles. The first kappa shape index (κ1) is 11.3. The Bertz CT molecular complexity index is 292. The summed E-state index contributed by atoms with van der Waals surface area (Å²) in [5.41, 5.74) is -0.400. The maximum absolute atomic E-state index is 11.9. The molecular weight excluding hydrogens is 410 g/mol. The number of hydrogen-bond acceptors (Lipinski definition) is 4. The molecule has 1 unspecified atom stereocenters. The molecule has 2 heterocycles. The van der Waals surface area contributed by atoms with E-state index in [0.717, 1.165) is 0 Å². The standard InChI is InChI=1S/C8H14I2N2O2/c1-6(2,3)14-5(13)7(4,9)8-10(11-8)12-8/h11-12H,1-4H3. The average Bonchev–Trinajstić information content (AvgIpc) is 2.64. The monoisotopic (exact) mass is 424 g/mol. The van der Waals surface area contributed by atoms with E-state index in [0.29, 0.717) is 0 Å². The van der Waals surface area contributed by atoms with Gasteiger partial charge in [0.05, 0.1) is 0 Å². The van der Waals surface area contributed by atoms with Crippen molar-refractivity contribution in [1.29, 1.82) is 0 Å². The minimum absolute atomic E-state index is 0.0280. The Balaban J connectivity index is 2.04. The van der Waals surface area contributed by atoms with E-state index in [2.05, 4.69) is 29.7 Å². The number of nitrogens with one attached hydrogen (secondary N) is 2. The first-order valence-corrected chi connectivity index (χ1v) is 8.68. The predicted molar refractivity (Wildman–Crippen MR) is 71.3 cm³/mol. The van der Waals surface area contributed by atoms with E-state index in [4.69, 9.17) is 4.74 Å². The van der Waals surface area contributed by atoms with Crippen molar-refractivity contribution in [1.82, 2.24) is 7.06 Å². The van der Waals surface area contributed by atoms with Crippen LogP contribution in [0.3, 0.4) is 0 Å². The Kier molecular flexibility index (Phi) is 2.39. The summed E-state index contributed by atoms with van der Waals surface area (Å²) in [6.07, 6.45) is 0. The zero-order valence-corrected chi connectivity index (χ0v) is 12.9.